The SMILES string of the molecule is COC1CNC(C(=O)CC2CCCC(F)(F)C2)C1. The fourth-order valence-corrected chi connectivity index (χ4v) is 3.00. The third kappa shape index (κ3) is 3.48. The maximum atomic E-state index is 13.3. The van der Waals surface area contributed by atoms with Crippen LogP contribution in [-0.4, -0.2) is 37.5 Å². The Labute approximate surface area is 106 Å². The first-order chi connectivity index (χ1) is 8.50. The van der Waals surface area contributed by atoms with Crippen molar-refractivity contribution in [3.05, 3.63) is 0 Å². The quantitative estimate of drug-likeness (QED) is 0.842. The summed E-state index contributed by atoms with van der Waals surface area (Å²) in [5.74, 6) is -2.65. The van der Waals surface area contributed by atoms with Crippen LogP contribution in [0.1, 0.15) is 38.5 Å². The number of rotatable bonds is 4. The molecule has 1 saturated carbocycles. The second kappa shape index (κ2) is 5.61. The van der Waals surface area contributed by atoms with Gasteiger partial charge in [-0.3, -0.25) is 4.79 Å². The molecule has 1 saturated heterocycles. The maximum Gasteiger partial charge on any atom is 0.248 e. The van der Waals surface area contributed by atoms with Gasteiger partial charge in [0.15, 0.2) is 0 Å². The minimum atomic E-state index is -2.57. The third-order valence-corrected chi connectivity index (χ3v) is 4.04. The molecule has 1 heterocycles. The maximum absolute atomic E-state index is 13.3. The van der Waals surface area contributed by atoms with E-state index in [2.05, 4.69) is 5.32 Å². The lowest BCUT2D eigenvalue weighted by molar-refractivity contribution is -0.123. The van der Waals surface area contributed by atoms with E-state index in [1.165, 1.54) is 0 Å². The van der Waals surface area contributed by atoms with Crippen molar-refractivity contribution in [3.63, 3.8) is 0 Å². The number of ether oxygens (including phenoxy) is 1. The average Bonchev–Trinajstić information content (AvgIpc) is 2.76. The Morgan fingerprint density at radius 3 is 2.89 bits per heavy atom. The Hall–Kier alpha value is -0.550. The van der Waals surface area contributed by atoms with Gasteiger partial charge in [0.25, 0.3) is 0 Å². The summed E-state index contributed by atoms with van der Waals surface area (Å²) in [5.41, 5.74) is 0. The zero-order valence-corrected chi connectivity index (χ0v) is 10.8. The lowest BCUT2D eigenvalue weighted by atomic mass is 9.82. The van der Waals surface area contributed by atoms with Crippen LogP contribution in [0.5, 0.6) is 0 Å². The molecule has 3 nitrogen and oxygen atoms in total. The molecule has 2 aliphatic rings. The van der Waals surface area contributed by atoms with E-state index in [0.29, 0.717) is 19.4 Å². The molecule has 2 fully saturated rings. The standard InChI is InChI=1S/C13H21F2NO2/c1-18-10-6-11(16-8-10)12(17)5-9-3-2-4-13(14,15)7-9/h9-11,16H,2-8H2,1H3. The minimum Gasteiger partial charge on any atom is -0.380 e. The highest BCUT2D eigenvalue weighted by Gasteiger charge is 2.38. The molecule has 18 heavy (non-hydrogen) atoms. The van der Waals surface area contributed by atoms with Gasteiger partial charge in [-0.2, -0.15) is 0 Å². The highest BCUT2D eigenvalue weighted by atomic mass is 19.3. The van der Waals surface area contributed by atoms with Crippen LogP contribution in [0.25, 0.3) is 0 Å². The molecule has 3 atom stereocenters. The van der Waals surface area contributed by atoms with E-state index in [1.54, 1.807) is 7.11 Å². The zero-order valence-electron chi connectivity index (χ0n) is 10.8. The summed E-state index contributed by atoms with van der Waals surface area (Å²) < 4.78 is 31.7. The molecule has 2 rings (SSSR count). The van der Waals surface area contributed by atoms with Crippen LogP contribution in [0.15, 0.2) is 0 Å². The van der Waals surface area contributed by atoms with Crippen molar-refractivity contribution in [3.8, 4) is 0 Å². The van der Waals surface area contributed by atoms with Gasteiger partial charge >= 0.3 is 0 Å². The van der Waals surface area contributed by atoms with Crippen molar-refractivity contribution in [2.24, 2.45) is 5.92 Å². The van der Waals surface area contributed by atoms with Gasteiger partial charge < -0.3 is 10.1 Å². The minimum absolute atomic E-state index is 0.0227. The lowest BCUT2D eigenvalue weighted by Gasteiger charge is -2.29. The number of nitrogens with one attached hydrogen (secondary N) is 1. The molecule has 1 N–H and O–H groups in total. The molecular formula is C13H21F2NO2. The van der Waals surface area contributed by atoms with Crippen LogP contribution in [0.4, 0.5) is 8.78 Å². The fourth-order valence-electron chi connectivity index (χ4n) is 3.00. The summed E-state index contributed by atoms with van der Waals surface area (Å²) in [4.78, 5) is 12.0. The van der Waals surface area contributed by atoms with E-state index >= 15 is 0 Å². The molecule has 0 radical (unpaired) electrons. The number of ketones is 1. The number of alkyl halides is 2. The second-order valence-corrected chi connectivity index (χ2v) is 5.54. The van der Waals surface area contributed by atoms with Gasteiger partial charge in [0.2, 0.25) is 5.92 Å². The van der Waals surface area contributed by atoms with E-state index in [9.17, 15) is 13.6 Å². The second-order valence-electron chi connectivity index (χ2n) is 5.54. The predicted molar refractivity (Wildman–Crippen MR) is 63.7 cm³/mol. The lowest BCUT2D eigenvalue weighted by Crippen LogP contribution is -2.34. The molecule has 104 valence electrons. The van der Waals surface area contributed by atoms with E-state index in [1.807, 2.05) is 0 Å². The molecule has 0 amide bonds. The molecule has 0 aromatic carbocycles. The molecule has 0 aromatic rings. The molecule has 0 bridgehead atoms. The summed E-state index contributed by atoms with van der Waals surface area (Å²) in [6.45, 7) is 0.674. The van der Waals surface area contributed by atoms with E-state index in [0.717, 1.165) is 6.42 Å². The molecule has 0 spiro atoms. The van der Waals surface area contributed by atoms with Gasteiger partial charge in [0.1, 0.15) is 5.78 Å². The summed E-state index contributed by atoms with van der Waals surface area (Å²) >= 11 is 0. The molecule has 5 heteroatoms. The van der Waals surface area contributed by atoms with Crippen LogP contribution in [0, 0.1) is 5.92 Å². The van der Waals surface area contributed by atoms with Crippen molar-refractivity contribution in [2.45, 2.75) is 56.6 Å². The Kier molecular flexibility index (Phi) is 4.33. The van der Waals surface area contributed by atoms with Crippen LogP contribution in [-0.2, 0) is 9.53 Å². The Morgan fingerprint density at radius 2 is 2.28 bits per heavy atom. The van der Waals surface area contributed by atoms with Crippen molar-refractivity contribution in [2.75, 3.05) is 13.7 Å². The van der Waals surface area contributed by atoms with E-state index < -0.39 is 5.92 Å². The predicted octanol–water partition coefficient (Wildman–Crippen LogP) is 2.15. The van der Waals surface area contributed by atoms with Gasteiger partial charge in [-0.15, -0.1) is 0 Å². The molecule has 1 aliphatic carbocycles. The number of carbonyl (C=O) groups is 1. The third-order valence-electron chi connectivity index (χ3n) is 4.04. The first-order valence-electron chi connectivity index (χ1n) is 6.67. The first kappa shape index (κ1) is 13.9. The normalized spacial score (nSPS) is 35.6. The van der Waals surface area contributed by atoms with Crippen molar-refractivity contribution < 1.29 is 18.3 Å². The Bertz CT molecular complexity index is 309. The van der Waals surface area contributed by atoms with Gasteiger partial charge in [-0.25, -0.2) is 8.78 Å². The number of halogens is 2. The van der Waals surface area contributed by atoms with Gasteiger partial charge in [0.05, 0.1) is 12.1 Å². The van der Waals surface area contributed by atoms with Crippen molar-refractivity contribution >= 4 is 5.78 Å². The monoisotopic (exact) mass is 261 g/mol. The van der Waals surface area contributed by atoms with Gasteiger partial charge in [-0.1, -0.05) is 0 Å². The number of hydrogen-bond donors (Lipinski definition) is 1. The van der Waals surface area contributed by atoms with E-state index in [4.69, 9.17) is 4.74 Å². The number of methoxy groups -OCH3 is 1. The Morgan fingerprint density at radius 1 is 1.50 bits per heavy atom. The number of carbonyl (C=O) groups excluding carboxylic acids is 1. The Balaban J connectivity index is 1.81. The highest BCUT2D eigenvalue weighted by molar-refractivity contribution is 5.84. The topological polar surface area (TPSA) is 38.3 Å². The molecule has 1 aliphatic heterocycles. The van der Waals surface area contributed by atoms with E-state index in [-0.39, 0.29) is 43.1 Å². The van der Waals surface area contributed by atoms with Crippen LogP contribution in [0.3, 0.4) is 0 Å². The molecular weight excluding hydrogens is 240 g/mol. The van der Waals surface area contributed by atoms with Crippen LogP contribution in [0.2, 0.25) is 0 Å². The van der Waals surface area contributed by atoms with Gasteiger partial charge in [0, 0.05) is 32.9 Å². The van der Waals surface area contributed by atoms with Gasteiger partial charge in [-0.05, 0) is 25.2 Å². The average molecular weight is 261 g/mol. The summed E-state index contributed by atoms with van der Waals surface area (Å²) in [7, 11) is 1.63. The summed E-state index contributed by atoms with van der Waals surface area (Å²) in [6.07, 6.45) is 2.16. The highest BCUT2D eigenvalue weighted by Crippen LogP contribution is 2.38. The molecule has 3 unspecified atom stereocenters. The largest absolute Gasteiger partial charge is 0.380 e. The summed E-state index contributed by atoms with van der Waals surface area (Å²) in [6, 6.07) is -0.203. The smallest absolute Gasteiger partial charge is 0.248 e. The zero-order chi connectivity index (χ0) is 13.2. The first-order valence-corrected chi connectivity index (χ1v) is 6.67. The summed E-state index contributed by atoms with van der Waals surface area (Å²) in [5, 5.41) is 3.11. The fraction of sp³-hybridized carbons (Fsp3) is 0.923. The number of hydrogen-bond acceptors (Lipinski definition) is 3. The van der Waals surface area contributed by atoms with Crippen molar-refractivity contribution in [1.82, 2.24) is 5.32 Å². The number of Topliss-reactive ketones (excluding diaryl/α,β-unsaturated/α-hetero) is 1. The molecule has 0 aromatic heterocycles. The van der Waals surface area contributed by atoms with Crippen LogP contribution < -0.4 is 5.32 Å². The van der Waals surface area contributed by atoms with Crippen molar-refractivity contribution in [1.29, 1.82) is 0 Å². The van der Waals surface area contributed by atoms with Crippen LogP contribution >= 0.6 is 0 Å².